The Balaban J connectivity index is 0.00000484. The molecular formula is C13H11F3LiNO5. The number of nitrogens with zero attached hydrogens (tertiary/aromatic N) is 1. The molecule has 23 heavy (non-hydrogen) atoms. The number of ketones is 1. The Kier molecular flexibility index (Phi) is 8.43. The van der Waals surface area contributed by atoms with Gasteiger partial charge >= 0.3 is 31.0 Å². The summed E-state index contributed by atoms with van der Waals surface area (Å²) in [5.74, 6) is -3.56. The molecule has 1 aromatic heterocycles. The van der Waals surface area contributed by atoms with Crippen LogP contribution in [0.25, 0.3) is 5.76 Å². The van der Waals surface area contributed by atoms with E-state index in [0.717, 1.165) is 18.5 Å². The second kappa shape index (κ2) is 9.22. The molecule has 6 nitrogen and oxygen atoms in total. The number of rotatable bonds is 6. The first-order chi connectivity index (χ1) is 10.2. The maximum absolute atomic E-state index is 12.0. The molecule has 0 bridgehead atoms. The number of ether oxygens (including phenoxy) is 2. The summed E-state index contributed by atoms with van der Waals surface area (Å²) in [7, 11) is 0. The van der Waals surface area contributed by atoms with Crippen molar-refractivity contribution >= 4 is 17.5 Å². The molecule has 1 rings (SSSR count). The van der Waals surface area contributed by atoms with Gasteiger partial charge in [0.15, 0.2) is 6.61 Å². The normalized spacial score (nSPS) is 11.4. The first-order valence-electron chi connectivity index (χ1n) is 5.97. The quantitative estimate of drug-likeness (QED) is 0.195. The number of carbonyl (C=O) groups is 2. The standard InChI is InChI=1S/C13H12F3NO5.Li/c1-2-21-12(20)11(19)4-10(18)8-3-9(6-17-5-8)22-7-13(14,15)16;/h3-6,18H,2,7H2,1H3;/q;+1/p-1. The molecule has 1 aromatic rings. The van der Waals surface area contributed by atoms with Gasteiger partial charge in [-0.3, -0.25) is 9.78 Å². The number of aromatic nitrogens is 1. The Hall–Kier alpha value is -1.98. The van der Waals surface area contributed by atoms with E-state index in [9.17, 15) is 27.9 Å². The summed E-state index contributed by atoms with van der Waals surface area (Å²) in [6.45, 7) is -0.0922. The van der Waals surface area contributed by atoms with E-state index in [2.05, 4.69) is 14.5 Å². The molecule has 120 valence electrons. The fourth-order valence-electron chi connectivity index (χ4n) is 1.26. The zero-order chi connectivity index (χ0) is 16.8. The van der Waals surface area contributed by atoms with Crippen LogP contribution >= 0.6 is 0 Å². The SMILES string of the molecule is CCOC(=O)C(=O)C=C([O-])c1cncc(OCC(F)(F)F)c1.[Li+]. The number of hydrogen-bond donors (Lipinski definition) is 0. The van der Waals surface area contributed by atoms with Crippen molar-refractivity contribution in [3.63, 3.8) is 0 Å². The van der Waals surface area contributed by atoms with Crippen molar-refractivity contribution in [2.24, 2.45) is 0 Å². The third-order valence-corrected chi connectivity index (χ3v) is 2.14. The number of alkyl halides is 3. The van der Waals surface area contributed by atoms with E-state index in [1.807, 2.05) is 0 Å². The van der Waals surface area contributed by atoms with Gasteiger partial charge < -0.3 is 14.6 Å². The maximum atomic E-state index is 12.0. The molecule has 0 fully saturated rings. The Morgan fingerprint density at radius 2 is 2.00 bits per heavy atom. The van der Waals surface area contributed by atoms with Gasteiger partial charge in [-0.25, -0.2) is 4.79 Å². The molecule has 0 saturated heterocycles. The van der Waals surface area contributed by atoms with Crippen LogP contribution in [0.3, 0.4) is 0 Å². The third-order valence-electron chi connectivity index (χ3n) is 2.14. The number of carbonyl (C=O) groups excluding carboxylic acids is 2. The Morgan fingerprint density at radius 1 is 1.35 bits per heavy atom. The molecule has 10 heteroatoms. The summed E-state index contributed by atoms with van der Waals surface area (Å²) >= 11 is 0. The van der Waals surface area contributed by atoms with Gasteiger partial charge in [-0.15, -0.1) is 0 Å². The largest absolute Gasteiger partial charge is 1.00 e. The molecule has 0 amide bonds. The van der Waals surface area contributed by atoms with Crippen LogP contribution in [0.2, 0.25) is 0 Å². The first-order valence-corrected chi connectivity index (χ1v) is 5.97. The van der Waals surface area contributed by atoms with Crippen molar-refractivity contribution in [1.82, 2.24) is 4.98 Å². The molecule has 0 radical (unpaired) electrons. The summed E-state index contributed by atoms with van der Waals surface area (Å²) in [6, 6.07) is 0.982. The monoisotopic (exact) mass is 325 g/mol. The number of pyridine rings is 1. The van der Waals surface area contributed by atoms with E-state index in [-0.39, 0.29) is 36.8 Å². The minimum Gasteiger partial charge on any atom is -0.872 e. The zero-order valence-corrected chi connectivity index (χ0v) is 12.3. The molecule has 1 heterocycles. The predicted octanol–water partition coefficient (Wildman–Crippen LogP) is -2.14. The zero-order valence-electron chi connectivity index (χ0n) is 12.3. The Morgan fingerprint density at radius 3 is 2.57 bits per heavy atom. The minimum atomic E-state index is -4.54. The van der Waals surface area contributed by atoms with E-state index in [0.29, 0.717) is 6.08 Å². The van der Waals surface area contributed by atoms with Gasteiger partial charge in [-0.1, -0.05) is 5.76 Å². The molecule has 0 N–H and O–H groups in total. The second-order valence-electron chi connectivity index (χ2n) is 3.91. The molecule has 0 aliphatic carbocycles. The molecule has 0 aliphatic rings. The van der Waals surface area contributed by atoms with Crippen LogP contribution in [-0.2, 0) is 14.3 Å². The van der Waals surface area contributed by atoms with Crippen LogP contribution in [0.15, 0.2) is 24.5 Å². The summed E-state index contributed by atoms with van der Waals surface area (Å²) < 4.78 is 44.9. The summed E-state index contributed by atoms with van der Waals surface area (Å²) in [6.07, 6.45) is -2.05. The molecule has 0 aromatic carbocycles. The van der Waals surface area contributed by atoms with Crippen molar-refractivity contribution in [3.8, 4) is 5.75 Å². The fourth-order valence-corrected chi connectivity index (χ4v) is 1.26. The predicted molar refractivity (Wildman–Crippen MR) is 65.4 cm³/mol. The van der Waals surface area contributed by atoms with Crippen molar-refractivity contribution in [2.45, 2.75) is 13.1 Å². The van der Waals surface area contributed by atoms with Crippen LogP contribution in [0.1, 0.15) is 12.5 Å². The van der Waals surface area contributed by atoms with Crippen LogP contribution in [0.5, 0.6) is 5.75 Å². The van der Waals surface area contributed by atoms with Crippen molar-refractivity contribution in [2.75, 3.05) is 13.2 Å². The van der Waals surface area contributed by atoms with E-state index in [4.69, 9.17) is 0 Å². The van der Waals surface area contributed by atoms with Gasteiger partial charge in [0.05, 0.1) is 12.8 Å². The van der Waals surface area contributed by atoms with E-state index >= 15 is 0 Å². The molecule has 0 atom stereocenters. The topological polar surface area (TPSA) is 88.6 Å². The van der Waals surface area contributed by atoms with Gasteiger partial charge in [-0.05, 0) is 24.6 Å². The Labute approximate surface area is 141 Å². The van der Waals surface area contributed by atoms with Crippen LogP contribution in [0, 0.1) is 0 Å². The van der Waals surface area contributed by atoms with Crippen LogP contribution in [-0.4, -0.2) is 36.1 Å². The van der Waals surface area contributed by atoms with Gasteiger partial charge in [0.25, 0.3) is 5.78 Å². The number of halogens is 3. The average molecular weight is 325 g/mol. The molecule has 0 spiro atoms. The number of esters is 1. The summed E-state index contributed by atoms with van der Waals surface area (Å²) in [5, 5.41) is 11.7. The van der Waals surface area contributed by atoms with Crippen molar-refractivity contribution in [3.05, 3.63) is 30.1 Å². The summed E-state index contributed by atoms with van der Waals surface area (Å²) in [5.41, 5.74) is -0.197. The van der Waals surface area contributed by atoms with Gasteiger partial charge in [0, 0.05) is 6.20 Å². The van der Waals surface area contributed by atoms with Crippen molar-refractivity contribution in [1.29, 1.82) is 0 Å². The van der Waals surface area contributed by atoms with E-state index in [1.165, 1.54) is 6.92 Å². The average Bonchev–Trinajstić information content (AvgIpc) is 2.45. The van der Waals surface area contributed by atoms with E-state index < -0.39 is 30.3 Å². The fraction of sp³-hybridized carbons (Fsp3) is 0.308. The van der Waals surface area contributed by atoms with E-state index in [1.54, 1.807) is 0 Å². The van der Waals surface area contributed by atoms with Crippen LogP contribution in [0.4, 0.5) is 13.2 Å². The first kappa shape index (κ1) is 21.0. The Bertz CT molecular complexity index is 589. The van der Waals surface area contributed by atoms with Gasteiger partial charge in [0.1, 0.15) is 5.75 Å². The minimum absolute atomic E-state index is 0. The molecule has 0 unspecified atom stereocenters. The summed E-state index contributed by atoms with van der Waals surface area (Å²) in [4.78, 5) is 25.9. The van der Waals surface area contributed by atoms with Gasteiger partial charge in [-0.2, -0.15) is 13.2 Å². The van der Waals surface area contributed by atoms with Crippen molar-refractivity contribution < 1.29 is 56.2 Å². The van der Waals surface area contributed by atoms with Gasteiger partial charge in [0.2, 0.25) is 0 Å². The van der Waals surface area contributed by atoms with Crippen LogP contribution < -0.4 is 28.7 Å². The smallest absolute Gasteiger partial charge is 0.872 e. The second-order valence-corrected chi connectivity index (χ2v) is 3.91. The molecule has 0 aliphatic heterocycles. The molecule has 0 saturated carbocycles. The molecular weight excluding hydrogens is 314 g/mol. The third kappa shape index (κ3) is 7.72. The maximum Gasteiger partial charge on any atom is 1.00 e. The number of hydrogen-bond acceptors (Lipinski definition) is 6.